The van der Waals surface area contributed by atoms with Crippen molar-refractivity contribution in [2.45, 2.75) is 0 Å². The van der Waals surface area contributed by atoms with Gasteiger partial charge in [-0.3, -0.25) is 30.3 Å². The highest BCUT2D eigenvalue weighted by molar-refractivity contribution is 7.80. The molecule has 32 heavy (non-hydrogen) atoms. The molecule has 168 valence electrons. The lowest BCUT2D eigenvalue weighted by Gasteiger charge is -2.30. The van der Waals surface area contributed by atoms with Crippen LogP contribution in [0.4, 0.5) is 22.7 Å². The van der Waals surface area contributed by atoms with E-state index in [2.05, 4.69) is 10.6 Å². The first-order valence-electron chi connectivity index (χ1n) is 9.36. The van der Waals surface area contributed by atoms with E-state index in [9.17, 15) is 25.0 Å². The van der Waals surface area contributed by atoms with Gasteiger partial charge < -0.3 is 19.7 Å². The molecule has 0 bridgehead atoms. The number of hydrogen-bond donors (Lipinski definition) is 2. The molecule has 0 saturated carbocycles. The smallest absolute Gasteiger partial charge is 0.271 e. The zero-order chi connectivity index (χ0) is 23.3. The number of hydrogen-bond acceptors (Lipinski definition) is 9. The molecule has 0 spiro atoms. The number of nitro groups is 2. The average Bonchev–Trinajstić information content (AvgIpc) is 2.79. The van der Waals surface area contributed by atoms with E-state index in [4.69, 9.17) is 21.7 Å². The van der Waals surface area contributed by atoms with Crippen LogP contribution in [0.5, 0.6) is 5.75 Å². The maximum absolute atomic E-state index is 13.0. The van der Waals surface area contributed by atoms with Crippen molar-refractivity contribution < 1.29 is 24.1 Å². The molecule has 2 aromatic carbocycles. The summed E-state index contributed by atoms with van der Waals surface area (Å²) >= 11 is 5.18. The van der Waals surface area contributed by atoms with Crippen molar-refractivity contribution in [1.29, 1.82) is 0 Å². The Morgan fingerprint density at radius 3 is 2.34 bits per heavy atom. The molecule has 2 aromatic rings. The Labute approximate surface area is 187 Å². The van der Waals surface area contributed by atoms with Crippen LogP contribution >= 0.6 is 12.2 Å². The number of nitro benzene ring substituents is 2. The maximum atomic E-state index is 13.0. The Morgan fingerprint density at radius 1 is 1.09 bits per heavy atom. The maximum Gasteiger partial charge on any atom is 0.271 e. The minimum Gasteiger partial charge on any atom is -0.495 e. The number of benzene rings is 2. The van der Waals surface area contributed by atoms with Gasteiger partial charge in [0, 0.05) is 37.4 Å². The van der Waals surface area contributed by atoms with Gasteiger partial charge in [-0.15, -0.1) is 0 Å². The second-order valence-corrected chi connectivity index (χ2v) is 7.02. The molecule has 1 heterocycles. The number of carbonyl (C=O) groups is 1. The average molecular weight is 461 g/mol. The molecule has 12 nitrogen and oxygen atoms in total. The van der Waals surface area contributed by atoms with Gasteiger partial charge >= 0.3 is 0 Å². The number of methoxy groups -OCH3 is 1. The largest absolute Gasteiger partial charge is 0.495 e. The van der Waals surface area contributed by atoms with Gasteiger partial charge in [0.05, 0.1) is 47.1 Å². The molecule has 1 amide bonds. The number of nitrogens with zero attached hydrogens (tertiary/aromatic N) is 3. The van der Waals surface area contributed by atoms with Gasteiger partial charge in [-0.2, -0.15) is 0 Å². The third-order valence-electron chi connectivity index (χ3n) is 4.66. The number of ether oxygens (including phenoxy) is 2. The first kappa shape index (κ1) is 22.8. The zero-order valence-electron chi connectivity index (χ0n) is 16.9. The topological polar surface area (TPSA) is 149 Å². The van der Waals surface area contributed by atoms with Crippen LogP contribution in [0.25, 0.3) is 0 Å². The van der Waals surface area contributed by atoms with Gasteiger partial charge in [-0.25, -0.2) is 0 Å². The van der Waals surface area contributed by atoms with Crippen LogP contribution in [-0.2, 0) is 4.74 Å². The number of non-ortho nitro benzene ring substituents is 2. The van der Waals surface area contributed by atoms with Crippen LogP contribution in [0.2, 0.25) is 0 Å². The summed E-state index contributed by atoms with van der Waals surface area (Å²) in [6, 6.07) is 7.89. The van der Waals surface area contributed by atoms with Crippen LogP contribution in [0.1, 0.15) is 10.4 Å². The van der Waals surface area contributed by atoms with E-state index in [-0.39, 0.29) is 33.5 Å². The van der Waals surface area contributed by atoms with Crippen molar-refractivity contribution >= 4 is 46.0 Å². The van der Waals surface area contributed by atoms with E-state index in [1.165, 1.54) is 43.5 Å². The fraction of sp³-hybridized carbons (Fsp3) is 0.263. The molecular formula is C19H19N5O7S. The molecule has 0 radical (unpaired) electrons. The van der Waals surface area contributed by atoms with Gasteiger partial charge in [0.25, 0.3) is 17.3 Å². The first-order valence-corrected chi connectivity index (χ1v) is 9.77. The monoisotopic (exact) mass is 461 g/mol. The number of thiocarbonyl (C=S) groups is 1. The van der Waals surface area contributed by atoms with Crippen molar-refractivity contribution in [3.05, 3.63) is 62.2 Å². The predicted molar refractivity (Wildman–Crippen MR) is 119 cm³/mol. The van der Waals surface area contributed by atoms with E-state index >= 15 is 0 Å². The van der Waals surface area contributed by atoms with Gasteiger partial charge in [0.1, 0.15) is 5.75 Å². The quantitative estimate of drug-likeness (QED) is 0.373. The molecule has 0 aromatic heterocycles. The molecule has 0 atom stereocenters. The van der Waals surface area contributed by atoms with Crippen molar-refractivity contribution in [3.63, 3.8) is 0 Å². The van der Waals surface area contributed by atoms with Gasteiger partial charge in [0.2, 0.25) is 0 Å². The second-order valence-electron chi connectivity index (χ2n) is 6.61. The molecular weight excluding hydrogens is 442 g/mol. The fourth-order valence-electron chi connectivity index (χ4n) is 3.13. The number of anilines is 2. The SMILES string of the molecule is COc1ccc([N+](=O)[O-])cc1NC(=S)NC(=O)c1cc([N+](=O)[O-])ccc1N1CCOCC1. The number of rotatable bonds is 6. The summed E-state index contributed by atoms with van der Waals surface area (Å²) in [6.07, 6.45) is 0. The molecule has 1 aliphatic rings. The highest BCUT2D eigenvalue weighted by atomic mass is 32.1. The van der Waals surface area contributed by atoms with E-state index < -0.39 is 15.8 Å². The second kappa shape index (κ2) is 9.98. The lowest BCUT2D eigenvalue weighted by atomic mass is 10.1. The highest BCUT2D eigenvalue weighted by Crippen LogP contribution is 2.29. The van der Waals surface area contributed by atoms with Crippen LogP contribution in [0.3, 0.4) is 0 Å². The summed E-state index contributed by atoms with van der Waals surface area (Å²) in [5, 5.41) is 27.3. The van der Waals surface area contributed by atoms with Crippen LogP contribution < -0.4 is 20.3 Å². The Hall–Kier alpha value is -3.84. The third kappa shape index (κ3) is 5.25. The van der Waals surface area contributed by atoms with Crippen molar-refractivity contribution in [3.8, 4) is 5.75 Å². The molecule has 13 heteroatoms. The summed E-state index contributed by atoms with van der Waals surface area (Å²) in [4.78, 5) is 35.9. The molecule has 3 rings (SSSR count). The van der Waals surface area contributed by atoms with Gasteiger partial charge in [-0.05, 0) is 24.4 Å². The third-order valence-corrected chi connectivity index (χ3v) is 4.86. The van der Waals surface area contributed by atoms with Crippen LogP contribution in [0.15, 0.2) is 36.4 Å². The van der Waals surface area contributed by atoms with Gasteiger partial charge in [0.15, 0.2) is 5.11 Å². The normalized spacial score (nSPS) is 13.2. The minimum absolute atomic E-state index is 0.0660. The molecule has 2 N–H and O–H groups in total. The lowest BCUT2D eigenvalue weighted by Crippen LogP contribution is -2.39. The zero-order valence-corrected chi connectivity index (χ0v) is 17.7. The molecule has 1 aliphatic heterocycles. The Bertz CT molecular complexity index is 1070. The molecule has 0 unspecified atom stereocenters. The summed E-state index contributed by atoms with van der Waals surface area (Å²) < 4.78 is 10.5. The summed E-state index contributed by atoms with van der Waals surface area (Å²) in [5.41, 5.74) is 0.310. The Balaban J connectivity index is 1.84. The minimum atomic E-state index is -0.669. The van der Waals surface area contributed by atoms with Crippen LogP contribution in [-0.4, -0.2) is 54.3 Å². The first-order chi connectivity index (χ1) is 15.3. The summed E-state index contributed by atoms with van der Waals surface area (Å²) in [6.45, 7) is 1.96. The number of nitrogens with one attached hydrogen (secondary N) is 2. The standard InChI is InChI=1S/C19H19N5O7S/c1-30-17-5-3-13(24(28)29)11-15(17)20-19(32)21-18(25)14-10-12(23(26)27)2-4-16(14)22-6-8-31-9-7-22/h2-5,10-11H,6-9H2,1H3,(H2,20,21,25,32). The van der Waals surface area contributed by atoms with E-state index in [0.29, 0.717) is 32.0 Å². The van der Waals surface area contributed by atoms with Crippen molar-refractivity contribution in [1.82, 2.24) is 5.32 Å². The molecule has 0 aliphatic carbocycles. The lowest BCUT2D eigenvalue weighted by molar-refractivity contribution is -0.385. The van der Waals surface area contributed by atoms with E-state index in [1.54, 1.807) is 0 Å². The van der Waals surface area contributed by atoms with E-state index in [0.717, 1.165) is 0 Å². The van der Waals surface area contributed by atoms with E-state index in [1.807, 2.05) is 4.90 Å². The summed E-state index contributed by atoms with van der Waals surface area (Å²) in [5.74, 6) is -0.395. The van der Waals surface area contributed by atoms with Crippen molar-refractivity contribution in [2.75, 3.05) is 43.6 Å². The fourth-order valence-corrected chi connectivity index (χ4v) is 3.33. The number of morpholine rings is 1. The van der Waals surface area contributed by atoms with Gasteiger partial charge in [-0.1, -0.05) is 0 Å². The number of carbonyl (C=O) groups excluding carboxylic acids is 1. The van der Waals surface area contributed by atoms with Crippen LogP contribution in [0, 0.1) is 20.2 Å². The molecule has 1 saturated heterocycles. The Morgan fingerprint density at radius 2 is 1.72 bits per heavy atom. The predicted octanol–water partition coefficient (Wildman–Crippen LogP) is 2.48. The Kier molecular flexibility index (Phi) is 7.12. The summed E-state index contributed by atoms with van der Waals surface area (Å²) in [7, 11) is 1.38. The van der Waals surface area contributed by atoms with Crippen molar-refractivity contribution in [2.24, 2.45) is 0 Å². The molecule has 1 fully saturated rings. The number of amides is 1. The highest BCUT2D eigenvalue weighted by Gasteiger charge is 2.23.